The monoisotopic (exact) mass is 318 g/mol. The predicted octanol–water partition coefficient (Wildman–Crippen LogP) is 3.10. The lowest BCUT2D eigenvalue weighted by Gasteiger charge is -2.13. The summed E-state index contributed by atoms with van der Waals surface area (Å²) in [6.07, 6.45) is 1.64. The lowest BCUT2D eigenvalue weighted by atomic mass is 9.98. The van der Waals surface area contributed by atoms with E-state index in [1.54, 1.807) is 6.20 Å². The van der Waals surface area contributed by atoms with Crippen LogP contribution >= 0.6 is 11.3 Å². The van der Waals surface area contributed by atoms with E-state index in [0.29, 0.717) is 11.4 Å². The van der Waals surface area contributed by atoms with Gasteiger partial charge in [-0.2, -0.15) is 0 Å². The molecule has 1 amide bonds. The molecule has 22 heavy (non-hydrogen) atoms. The van der Waals surface area contributed by atoms with Crippen molar-refractivity contribution >= 4 is 17.2 Å². The molecule has 0 radical (unpaired) electrons. The molecule has 0 atom stereocenters. The number of hydrogen-bond donors (Lipinski definition) is 1. The third kappa shape index (κ3) is 3.06. The average molecular weight is 318 g/mol. The van der Waals surface area contributed by atoms with Gasteiger partial charge in [-0.15, -0.1) is 11.3 Å². The van der Waals surface area contributed by atoms with Crippen molar-refractivity contribution in [3.05, 3.63) is 39.8 Å². The van der Waals surface area contributed by atoms with E-state index in [4.69, 9.17) is 9.47 Å². The van der Waals surface area contributed by atoms with E-state index < -0.39 is 0 Å². The van der Waals surface area contributed by atoms with Gasteiger partial charge in [0.2, 0.25) is 6.79 Å². The Morgan fingerprint density at radius 1 is 1.32 bits per heavy atom. The first-order chi connectivity index (χ1) is 10.4. The van der Waals surface area contributed by atoms with Crippen LogP contribution in [0.3, 0.4) is 0 Å². The van der Waals surface area contributed by atoms with Crippen molar-refractivity contribution in [2.45, 2.75) is 32.7 Å². The quantitative estimate of drug-likeness (QED) is 0.944. The van der Waals surface area contributed by atoms with Gasteiger partial charge in [0, 0.05) is 12.0 Å². The lowest BCUT2D eigenvalue weighted by Crippen LogP contribution is -2.21. The second-order valence-electron chi connectivity index (χ2n) is 6.15. The highest BCUT2D eigenvalue weighted by Gasteiger charge is 2.20. The summed E-state index contributed by atoms with van der Waals surface area (Å²) in [5.41, 5.74) is 0.929. The first kappa shape index (κ1) is 14.8. The molecule has 0 spiro atoms. The molecule has 116 valence electrons. The number of hydrogen-bond acceptors (Lipinski definition) is 5. The van der Waals surface area contributed by atoms with E-state index in [1.807, 2.05) is 18.2 Å². The number of nitrogens with zero attached hydrogens (tertiary/aromatic N) is 1. The van der Waals surface area contributed by atoms with Gasteiger partial charge in [0.25, 0.3) is 5.91 Å². The highest BCUT2D eigenvalue weighted by molar-refractivity contribution is 7.13. The number of nitrogens with one attached hydrogen (secondary N) is 1. The fraction of sp³-hybridized carbons (Fsp3) is 0.375. The predicted molar refractivity (Wildman–Crippen MR) is 84.5 cm³/mol. The molecule has 3 rings (SSSR count). The highest BCUT2D eigenvalue weighted by Crippen LogP contribution is 2.32. The molecule has 5 nitrogen and oxygen atoms in total. The van der Waals surface area contributed by atoms with Gasteiger partial charge in [0.15, 0.2) is 11.5 Å². The average Bonchev–Trinajstić information content (AvgIpc) is 3.12. The standard InChI is InChI=1S/C16H18N2O3S/c1-16(2,3)15-18-8-13(22-15)14(19)17-7-10-4-5-11-12(6-10)21-9-20-11/h4-6,8H,7,9H2,1-3H3,(H,17,19). The molecular weight excluding hydrogens is 300 g/mol. The zero-order chi connectivity index (χ0) is 15.7. The first-order valence-electron chi connectivity index (χ1n) is 7.06. The van der Waals surface area contributed by atoms with Crippen LogP contribution in [0.1, 0.15) is 41.0 Å². The number of amides is 1. The second-order valence-corrected chi connectivity index (χ2v) is 7.18. The minimum atomic E-state index is -0.106. The summed E-state index contributed by atoms with van der Waals surface area (Å²) in [6.45, 7) is 6.94. The molecule has 1 aliphatic heterocycles. The third-order valence-electron chi connectivity index (χ3n) is 3.26. The summed E-state index contributed by atoms with van der Waals surface area (Å²) in [5.74, 6) is 1.36. The van der Waals surface area contributed by atoms with Crippen LogP contribution in [0.25, 0.3) is 0 Å². The van der Waals surface area contributed by atoms with E-state index in [0.717, 1.165) is 22.1 Å². The molecule has 2 aromatic rings. The van der Waals surface area contributed by atoms with Gasteiger partial charge in [0.1, 0.15) is 4.88 Å². The summed E-state index contributed by atoms with van der Waals surface area (Å²) < 4.78 is 10.6. The number of rotatable bonds is 3. The Kier molecular flexibility index (Phi) is 3.78. The number of carbonyl (C=O) groups excluding carboxylic acids is 1. The summed E-state index contributed by atoms with van der Waals surface area (Å²) in [5, 5.41) is 3.87. The van der Waals surface area contributed by atoms with Crippen molar-refractivity contribution in [3.63, 3.8) is 0 Å². The molecule has 1 aromatic carbocycles. The zero-order valence-electron chi connectivity index (χ0n) is 12.8. The van der Waals surface area contributed by atoms with E-state index in [1.165, 1.54) is 11.3 Å². The molecule has 1 N–H and O–H groups in total. The van der Waals surface area contributed by atoms with Gasteiger partial charge >= 0.3 is 0 Å². The Balaban J connectivity index is 1.64. The topological polar surface area (TPSA) is 60.5 Å². The first-order valence-corrected chi connectivity index (χ1v) is 7.88. The van der Waals surface area contributed by atoms with Crippen LogP contribution in [-0.2, 0) is 12.0 Å². The van der Waals surface area contributed by atoms with E-state index in [-0.39, 0.29) is 18.1 Å². The number of benzene rings is 1. The van der Waals surface area contributed by atoms with Crippen molar-refractivity contribution < 1.29 is 14.3 Å². The number of ether oxygens (including phenoxy) is 2. The van der Waals surface area contributed by atoms with Crippen molar-refractivity contribution in [2.24, 2.45) is 0 Å². The molecule has 0 aliphatic carbocycles. The maximum absolute atomic E-state index is 12.2. The smallest absolute Gasteiger partial charge is 0.263 e. The molecular formula is C16H18N2O3S. The van der Waals surface area contributed by atoms with Crippen LogP contribution in [0.5, 0.6) is 11.5 Å². The van der Waals surface area contributed by atoms with Gasteiger partial charge in [0.05, 0.1) is 11.2 Å². The van der Waals surface area contributed by atoms with Crippen LogP contribution in [0.2, 0.25) is 0 Å². The Morgan fingerprint density at radius 2 is 2.09 bits per heavy atom. The maximum atomic E-state index is 12.2. The Morgan fingerprint density at radius 3 is 2.82 bits per heavy atom. The van der Waals surface area contributed by atoms with E-state index in [9.17, 15) is 4.79 Å². The maximum Gasteiger partial charge on any atom is 0.263 e. The van der Waals surface area contributed by atoms with Crippen LogP contribution in [0, 0.1) is 0 Å². The zero-order valence-corrected chi connectivity index (χ0v) is 13.6. The SMILES string of the molecule is CC(C)(C)c1ncc(C(=O)NCc2ccc3c(c2)OCO3)s1. The second kappa shape index (κ2) is 5.61. The molecule has 6 heteroatoms. The molecule has 0 unspecified atom stereocenters. The summed E-state index contributed by atoms with van der Waals surface area (Å²) in [7, 11) is 0. The summed E-state index contributed by atoms with van der Waals surface area (Å²) >= 11 is 1.44. The Labute approximate surface area is 133 Å². The van der Waals surface area contributed by atoms with Gasteiger partial charge in [-0.05, 0) is 17.7 Å². The van der Waals surface area contributed by atoms with Crippen molar-refractivity contribution in [1.82, 2.24) is 10.3 Å². The summed E-state index contributed by atoms with van der Waals surface area (Å²) in [6, 6.07) is 5.66. The van der Waals surface area contributed by atoms with Gasteiger partial charge in [-0.25, -0.2) is 4.98 Å². The molecule has 1 aromatic heterocycles. The molecule has 2 heterocycles. The fourth-order valence-corrected chi connectivity index (χ4v) is 2.94. The van der Waals surface area contributed by atoms with E-state index in [2.05, 4.69) is 31.1 Å². The fourth-order valence-electron chi connectivity index (χ4n) is 2.05. The third-order valence-corrected chi connectivity index (χ3v) is 4.68. The van der Waals surface area contributed by atoms with Crippen molar-refractivity contribution in [3.8, 4) is 11.5 Å². The van der Waals surface area contributed by atoms with Crippen molar-refractivity contribution in [1.29, 1.82) is 0 Å². The Hall–Kier alpha value is -2.08. The Bertz CT molecular complexity index is 704. The number of fused-ring (bicyclic) bond motifs is 1. The highest BCUT2D eigenvalue weighted by atomic mass is 32.1. The molecule has 0 fully saturated rings. The molecule has 0 saturated heterocycles. The van der Waals surface area contributed by atoms with Gasteiger partial charge in [-0.1, -0.05) is 26.8 Å². The molecule has 0 saturated carbocycles. The van der Waals surface area contributed by atoms with Crippen LogP contribution in [0.4, 0.5) is 0 Å². The molecule has 1 aliphatic rings. The molecule has 0 bridgehead atoms. The van der Waals surface area contributed by atoms with Gasteiger partial charge < -0.3 is 14.8 Å². The normalized spacial score (nSPS) is 13.2. The van der Waals surface area contributed by atoms with Crippen LogP contribution in [0.15, 0.2) is 24.4 Å². The van der Waals surface area contributed by atoms with Gasteiger partial charge in [-0.3, -0.25) is 4.79 Å². The van der Waals surface area contributed by atoms with E-state index >= 15 is 0 Å². The number of thiazole rings is 1. The summed E-state index contributed by atoms with van der Waals surface area (Å²) in [4.78, 5) is 17.2. The minimum absolute atomic E-state index is 0.0412. The van der Waals surface area contributed by atoms with Crippen molar-refractivity contribution in [2.75, 3.05) is 6.79 Å². The lowest BCUT2D eigenvalue weighted by molar-refractivity contribution is 0.0954. The number of aromatic nitrogens is 1. The minimum Gasteiger partial charge on any atom is -0.454 e. The largest absolute Gasteiger partial charge is 0.454 e. The van der Waals surface area contributed by atoms with Crippen LogP contribution < -0.4 is 14.8 Å². The van der Waals surface area contributed by atoms with Crippen LogP contribution in [-0.4, -0.2) is 17.7 Å². The number of carbonyl (C=O) groups is 1.